The maximum Gasteiger partial charge on any atom is 0.263 e. The number of carbonyl (C=O) groups is 1. The highest BCUT2D eigenvalue weighted by Gasteiger charge is 2.37. The Bertz CT molecular complexity index is 683. The fourth-order valence-corrected chi connectivity index (χ4v) is 3.90. The van der Waals surface area contributed by atoms with Crippen LogP contribution in [0.1, 0.15) is 34.5 Å². The molecule has 1 fully saturated rings. The molecule has 3 N–H and O–H groups in total. The molecule has 2 aromatic rings. The average Bonchev–Trinajstić information content (AvgIpc) is 2.77. The highest BCUT2D eigenvalue weighted by atomic mass is 32.1. The summed E-state index contributed by atoms with van der Waals surface area (Å²) in [5.41, 5.74) is 7.70. The van der Waals surface area contributed by atoms with Crippen LogP contribution in [0, 0.1) is 6.92 Å². The number of thiophene rings is 1. The number of hydrogen-bond acceptors (Lipinski definition) is 4. The van der Waals surface area contributed by atoms with Crippen molar-refractivity contribution in [2.45, 2.75) is 31.8 Å². The zero-order valence-corrected chi connectivity index (χ0v) is 13.2. The zero-order chi connectivity index (χ0) is 15.0. The van der Waals surface area contributed by atoms with Gasteiger partial charge in [-0.1, -0.05) is 18.2 Å². The van der Waals surface area contributed by atoms with Crippen LogP contribution >= 0.6 is 11.3 Å². The molecule has 1 amide bonds. The van der Waals surface area contributed by atoms with Crippen molar-refractivity contribution in [1.82, 2.24) is 5.32 Å². The van der Waals surface area contributed by atoms with E-state index in [1.165, 1.54) is 11.3 Å². The Labute approximate surface area is 128 Å². The van der Waals surface area contributed by atoms with Crippen LogP contribution in [0.5, 0.6) is 0 Å². The first-order valence-electron chi connectivity index (χ1n) is 7.17. The van der Waals surface area contributed by atoms with Crippen molar-refractivity contribution in [1.29, 1.82) is 0 Å². The summed E-state index contributed by atoms with van der Waals surface area (Å²) in [6.07, 6.45) is 3.17. The second-order valence-electron chi connectivity index (χ2n) is 5.72. The first-order valence-corrected chi connectivity index (χ1v) is 7.99. The Morgan fingerprint density at radius 3 is 2.81 bits per heavy atom. The lowest BCUT2D eigenvalue weighted by molar-refractivity contribution is -0.0679. The van der Waals surface area contributed by atoms with Gasteiger partial charge in [-0.3, -0.25) is 4.79 Å². The van der Waals surface area contributed by atoms with Crippen LogP contribution in [0.4, 0.5) is 5.69 Å². The van der Waals surface area contributed by atoms with Crippen molar-refractivity contribution >= 4 is 33.0 Å². The topological polar surface area (TPSA) is 64.3 Å². The molecule has 0 spiro atoms. The van der Waals surface area contributed by atoms with E-state index >= 15 is 0 Å². The molecule has 1 heterocycles. The van der Waals surface area contributed by atoms with Crippen LogP contribution in [0.25, 0.3) is 10.1 Å². The predicted molar refractivity (Wildman–Crippen MR) is 86.9 cm³/mol. The quantitative estimate of drug-likeness (QED) is 0.912. The van der Waals surface area contributed by atoms with Gasteiger partial charge in [0.15, 0.2) is 0 Å². The largest absolute Gasteiger partial charge is 0.397 e. The molecule has 4 nitrogen and oxygen atoms in total. The van der Waals surface area contributed by atoms with E-state index in [1.807, 2.05) is 25.1 Å². The van der Waals surface area contributed by atoms with Crippen LogP contribution in [-0.2, 0) is 4.74 Å². The number of anilines is 1. The molecule has 0 unspecified atom stereocenters. The van der Waals surface area contributed by atoms with Gasteiger partial charge < -0.3 is 15.8 Å². The van der Waals surface area contributed by atoms with Crippen LogP contribution in [0.15, 0.2) is 18.2 Å². The second kappa shape index (κ2) is 5.31. The number of methoxy groups -OCH3 is 1. The first kappa shape index (κ1) is 14.4. The van der Waals surface area contributed by atoms with E-state index in [-0.39, 0.29) is 11.5 Å². The molecular weight excluding hydrogens is 284 g/mol. The normalized spacial score (nSPS) is 16.7. The molecule has 5 heteroatoms. The number of nitrogens with one attached hydrogen (secondary N) is 1. The molecule has 112 valence electrons. The number of fused-ring (bicyclic) bond motifs is 1. The van der Waals surface area contributed by atoms with E-state index in [9.17, 15) is 4.79 Å². The number of carbonyl (C=O) groups excluding carboxylic acids is 1. The first-order chi connectivity index (χ1) is 10.1. The molecule has 21 heavy (non-hydrogen) atoms. The molecule has 1 aliphatic carbocycles. The summed E-state index contributed by atoms with van der Waals surface area (Å²) in [4.78, 5) is 13.0. The van der Waals surface area contributed by atoms with E-state index in [0.717, 1.165) is 34.9 Å². The highest BCUT2D eigenvalue weighted by molar-refractivity contribution is 7.21. The van der Waals surface area contributed by atoms with Crippen molar-refractivity contribution in [3.8, 4) is 0 Å². The fourth-order valence-electron chi connectivity index (χ4n) is 2.79. The SMILES string of the molecule is COC1(CNC(=O)c2sc3c(C)cccc3c2N)CCC1. The number of aryl methyl sites for hydroxylation is 1. The van der Waals surface area contributed by atoms with Gasteiger partial charge >= 0.3 is 0 Å². The third-order valence-corrected chi connectivity index (χ3v) is 5.78. The molecule has 1 saturated carbocycles. The Kier molecular flexibility index (Phi) is 3.63. The van der Waals surface area contributed by atoms with Gasteiger partial charge in [0.1, 0.15) is 4.88 Å². The number of amides is 1. The molecule has 1 aromatic heterocycles. The summed E-state index contributed by atoms with van der Waals surface area (Å²) in [7, 11) is 1.71. The van der Waals surface area contributed by atoms with Crippen molar-refractivity contribution < 1.29 is 9.53 Å². The van der Waals surface area contributed by atoms with Gasteiger partial charge in [0.2, 0.25) is 0 Å². The zero-order valence-electron chi connectivity index (χ0n) is 12.4. The minimum absolute atomic E-state index is 0.101. The Balaban J connectivity index is 1.82. The fraction of sp³-hybridized carbons (Fsp3) is 0.438. The molecule has 0 atom stereocenters. The van der Waals surface area contributed by atoms with Gasteiger partial charge in [-0.15, -0.1) is 11.3 Å². The number of benzene rings is 1. The van der Waals surface area contributed by atoms with Gasteiger partial charge in [0.25, 0.3) is 5.91 Å². The second-order valence-corrected chi connectivity index (χ2v) is 6.74. The summed E-state index contributed by atoms with van der Waals surface area (Å²) >= 11 is 1.46. The average molecular weight is 304 g/mol. The molecule has 1 aromatic carbocycles. The van der Waals surface area contributed by atoms with Crippen molar-refractivity contribution in [3.05, 3.63) is 28.6 Å². The highest BCUT2D eigenvalue weighted by Crippen LogP contribution is 2.37. The Morgan fingerprint density at radius 1 is 1.48 bits per heavy atom. The standard InChI is InChI=1S/C16H20N2O2S/c1-10-5-3-6-11-12(17)14(21-13(10)11)15(19)18-9-16(20-2)7-4-8-16/h3,5-6H,4,7-9,17H2,1-2H3,(H,18,19). The maximum atomic E-state index is 12.4. The summed E-state index contributed by atoms with van der Waals surface area (Å²) in [6, 6.07) is 5.97. The lowest BCUT2D eigenvalue weighted by atomic mass is 9.80. The third-order valence-electron chi connectivity index (χ3n) is 4.43. The van der Waals surface area contributed by atoms with E-state index in [4.69, 9.17) is 10.5 Å². The van der Waals surface area contributed by atoms with Gasteiger partial charge in [0, 0.05) is 23.7 Å². The minimum Gasteiger partial charge on any atom is -0.397 e. The number of ether oxygens (including phenoxy) is 1. The Hall–Kier alpha value is -1.59. The minimum atomic E-state index is -0.170. The predicted octanol–water partition coefficient (Wildman–Crippen LogP) is 3.09. The molecule has 0 bridgehead atoms. The number of hydrogen-bond donors (Lipinski definition) is 2. The summed E-state index contributed by atoms with van der Waals surface area (Å²) in [5.74, 6) is -0.101. The van der Waals surface area contributed by atoms with Crippen LogP contribution in [0.3, 0.4) is 0 Å². The van der Waals surface area contributed by atoms with E-state index in [1.54, 1.807) is 7.11 Å². The van der Waals surface area contributed by atoms with Crippen molar-refractivity contribution in [3.63, 3.8) is 0 Å². The lowest BCUT2D eigenvalue weighted by Crippen LogP contribution is -2.49. The summed E-state index contributed by atoms with van der Waals surface area (Å²) in [6.45, 7) is 2.59. The van der Waals surface area contributed by atoms with Gasteiger partial charge in [-0.25, -0.2) is 0 Å². The monoisotopic (exact) mass is 304 g/mol. The van der Waals surface area contributed by atoms with Crippen LogP contribution in [0.2, 0.25) is 0 Å². The maximum absolute atomic E-state index is 12.4. The molecule has 0 aliphatic heterocycles. The van der Waals surface area contributed by atoms with E-state index in [0.29, 0.717) is 17.1 Å². The summed E-state index contributed by atoms with van der Waals surface area (Å²) < 4.78 is 6.61. The Morgan fingerprint density at radius 2 is 2.24 bits per heavy atom. The number of nitrogen functional groups attached to an aromatic ring is 1. The molecule has 0 saturated heterocycles. The van der Waals surface area contributed by atoms with Gasteiger partial charge in [0.05, 0.1) is 11.3 Å². The van der Waals surface area contributed by atoms with E-state index in [2.05, 4.69) is 5.32 Å². The van der Waals surface area contributed by atoms with Crippen LogP contribution < -0.4 is 11.1 Å². The molecule has 3 rings (SSSR count). The third kappa shape index (κ3) is 2.40. The molecule has 0 radical (unpaired) electrons. The van der Waals surface area contributed by atoms with Crippen molar-refractivity contribution in [2.75, 3.05) is 19.4 Å². The summed E-state index contributed by atoms with van der Waals surface area (Å²) in [5, 5.41) is 3.95. The number of rotatable bonds is 4. The number of nitrogens with two attached hydrogens (primary N) is 1. The van der Waals surface area contributed by atoms with Gasteiger partial charge in [-0.05, 0) is 31.7 Å². The van der Waals surface area contributed by atoms with E-state index < -0.39 is 0 Å². The molecule has 1 aliphatic rings. The smallest absolute Gasteiger partial charge is 0.263 e. The van der Waals surface area contributed by atoms with Crippen molar-refractivity contribution in [2.24, 2.45) is 0 Å². The van der Waals surface area contributed by atoms with Gasteiger partial charge in [-0.2, -0.15) is 0 Å². The van der Waals surface area contributed by atoms with Crippen LogP contribution in [-0.4, -0.2) is 25.2 Å². The lowest BCUT2D eigenvalue weighted by Gasteiger charge is -2.40. The molecular formula is C16H20N2O2S.